The second-order valence-corrected chi connectivity index (χ2v) is 3.00. The molecular weight excluding hydrogens is 230 g/mol. The topological polar surface area (TPSA) is 125 Å². The Labute approximate surface area is 99.0 Å². The fraction of sp³-hybridized carbons (Fsp3) is 0.500. The van der Waals surface area contributed by atoms with Crippen LogP contribution < -0.4 is 6.15 Å². The van der Waals surface area contributed by atoms with Crippen LogP contribution in [0, 0.1) is 0 Å². The Morgan fingerprint density at radius 2 is 1.94 bits per heavy atom. The lowest BCUT2D eigenvalue weighted by Gasteiger charge is -2.25. The van der Waals surface area contributed by atoms with Gasteiger partial charge < -0.3 is 20.7 Å². The van der Waals surface area contributed by atoms with Gasteiger partial charge in [-0.3, -0.25) is 0 Å². The molecule has 0 aromatic heterocycles. The van der Waals surface area contributed by atoms with Gasteiger partial charge in [-0.2, -0.15) is 0 Å². The molecule has 1 unspecified atom stereocenters. The average Bonchev–Trinajstić information content (AvgIpc) is 2.26. The maximum absolute atomic E-state index is 11.4. The monoisotopic (exact) mass is 247 g/mol. The van der Waals surface area contributed by atoms with Crippen molar-refractivity contribution in [2.24, 2.45) is 0 Å². The van der Waals surface area contributed by atoms with Crippen LogP contribution in [0.4, 0.5) is 0 Å². The third-order valence-electron chi connectivity index (χ3n) is 1.90. The van der Waals surface area contributed by atoms with Crippen LogP contribution in [0.2, 0.25) is 0 Å². The van der Waals surface area contributed by atoms with E-state index in [1.807, 2.05) is 0 Å². The summed E-state index contributed by atoms with van der Waals surface area (Å²) in [4.78, 5) is 33.5. The minimum atomic E-state index is -2.28. The van der Waals surface area contributed by atoms with Gasteiger partial charge in [0, 0.05) is 12.5 Å². The standard InChI is InChI=1S/C10H14O6.H3N/c1-4-6-10(8(12)13,9(14)15-3)16-7(11)5-2;/h5H,2,4,6H2,1,3H3,(H,12,13);1H3. The first-order valence-corrected chi connectivity index (χ1v) is 4.61. The summed E-state index contributed by atoms with van der Waals surface area (Å²) in [6.07, 6.45) is 0.969. The molecule has 0 rings (SSSR count). The molecule has 0 amide bonds. The second-order valence-electron chi connectivity index (χ2n) is 3.00. The molecule has 0 saturated carbocycles. The van der Waals surface area contributed by atoms with E-state index >= 15 is 0 Å². The average molecular weight is 247 g/mol. The van der Waals surface area contributed by atoms with Crippen LogP contribution in [0.25, 0.3) is 0 Å². The first-order valence-electron chi connectivity index (χ1n) is 4.61. The fourth-order valence-corrected chi connectivity index (χ4v) is 1.16. The molecule has 0 aromatic rings. The van der Waals surface area contributed by atoms with Gasteiger partial charge in [0.25, 0.3) is 0 Å². The number of methoxy groups -OCH3 is 1. The largest absolute Gasteiger partial charge is 0.478 e. The SMILES string of the molecule is C=CC(=O)OC(CCC)(C(=O)O)C(=O)OC.N. The number of ether oxygens (including phenoxy) is 2. The van der Waals surface area contributed by atoms with Gasteiger partial charge in [0.15, 0.2) is 0 Å². The smallest absolute Gasteiger partial charge is 0.362 e. The molecule has 98 valence electrons. The van der Waals surface area contributed by atoms with E-state index in [0.717, 1.165) is 13.2 Å². The van der Waals surface area contributed by atoms with E-state index in [2.05, 4.69) is 16.1 Å². The van der Waals surface area contributed by atoms with Crippen LogP contribution in [-0.2, 0) is 23.9 Å². The van der Waals surface area contributed by atoms with E-state index in [0.29, 0.717) is 6.42 Å². The highest BCUT2D eigenvalue weighted by atomic mass is 16.6. The summed E-state index contributed by atoms with van der Waals surface area (Å²) in [5.41, 5.74) is -2.28. The molecule has 0 aliphatic rings. The number of hydrogen-bond donors (Lipinski definition) is 2. The van der Waals surface area contributed by atoms with Gasteiger partial charge in [-0.25, -0.2) is 14.4 Å². The number of carbonyl (C=O) groups excluding carboxylic acids is 2. The van der Waals surface area contributed by atoms with Crippen LogP contribution in [0.3, 0.4) is 0 Å². The molecular formula is C10H17NO6. The van der Waals surface area contributed by atoms with Gasteiger partial charge in [-0.05, 0) is 0 Å². The van der Waals surface area contributed by atoms with Gasteiger partial charge in [-0.1, -0.05) is 19.9 Å². The summed E-state index contributed by atoms with van der Waals surface area (Å²) in [6, 6.07) is 0. The maximum Gasteiger partial charge on any atom is 0.362 e. The quantitative estimate of drug-likeness (QED) is 0.401. The first kappa shape index (κ1) is 17.5. The van der Waals surface area contributed by atoms with E-state index in [4.69, 9.17) is 5.11 Å². The molecule has 7 nitrogen and oxygen atoms in total. The summed E-state index contributed by atoms with van der Waals surface area (Å²) >= 11 is 0. The van der Waals surface area contributed by atoms with Crippen LogP contribution in [0.1, 0.15) is 19.8 Å². The Bertz CT molecular complexity index is 314. The van der Waals surface area contributed by atoms with Crippen molar-refractivity contribution in [1.29, 1.82) is 0 Å². The molecule has 17 heavy (non-hydrogen) atoms. The van der Waals surface area contributed by atoms with Crippen molar-refractivity contribution in [2.75, 3.05) is 7.11 Å². The summed E-state index contributed by atoms with van der Waals surface area (Å²) in [5, 5.41) is 8.99. The highest BCUT2D eigenvalue weighted by Crippen LogP contribution is 2.21. The third-order valence-corrected chi connectivity index (χ3v) is 1.90. The number of hydrogen-bond acceptors (Lipinski definition) is 6. The maximum atomic E-state index is 11.4. The van der Waals surface area contributed by atoms with Crippen molar-refractivity contribution < 1.29 is 29.0 Å². The van der Waals surface area contributed by atoms with Gasteiger partial charge >= 0.3 is 23.5 Å². The Balaban J connectivity index is 0. The zero-order valence-electron chi connectivity index (χ0n) is 9.89. The molecule has 0 heterocycles. The predicted molar refractivity (Wildman–Crippen MR) is 58.6 cm³/mol. The number of esters is 2. The Morgan fingerprint density at radius 1 is 1.41 bits per heavy atom. The summed E-state index contributed by atoms with van der Waals surface area (Å²) in [7, 11) is 1.03. The van der Waals surface area contributed by atoms with Crippen molar-refractivity contribution >= 4 is 17.9 Å². The van der Waals surface area contributed by atoms with Crippen molar-refractivity contribution in [3.05, 3.63) is 12.7 Å². The Morgan fingerprint density at radius 3 is 2.24 bits per heavy atom. The molecule has 0 bridgehead atoms. The fourth-order valence-electron chi connectivity index (χ4n) is 1.16. The van der Waals surface area contributed by atoms with E-state index < -0.39 is 23.5 Å². The first-order chi connectivity index (χ1) is 7.44. The van der Waals surface area contributed by atoms with E-state index in [-0.39, 0.29) is 12.6 Å². The number of aliphatic carboxylic acids is 1. The lowest BCUT2D eigenvalue weighted by Crippen LogP contribution is -2.50. The molecule has 0 radical (unpaired) electrons. The zero-order valence-corrected chi connectivity index (χ0v) is 9.89. The van der Waals surface area contributed by atoms with Crippen molar-refractivity contribution in [3.63, 3.8) is 0 Å². The molecule has 0 aromatic carbocycles. The summed E-state index contributed by atoms with van der Waals surface area (Å²) in [6.45, 7) is 4.78. The lowest BCUT2D eigenvalue weighted by molar-refractivity contribution is -0.191. The molecule has 0 spiro atoms. The molecule has 1 atom stereocenters. The summed E-state index contributed by atoms with van der Waals surface area (Å²) < 4.78 is 8.95. The van der Waals surface area contributed by atoms with Crippen molar-refractivity contribution in [1.82, 2.24) is 6.15 Å². The molecule has 4 N–H and O–H groups in total. The number of rotatable bonds is 6. The number of carbonyl (C=O) groups is 3. The van der Waals surface area contributed by atoms with Crippen molar-refractivity contribution in [2.45, 2.75) is 25.4 Å². The highest BCUT2D eigenvalue weighted by Gasteiger charge is 2.50. The molecule has 0 saturated heterocycles. The highest BCUT2D eigenvalue weighted by molar-refractivity contribution is 6.05. The van der Waals surface area contributed by atoms with Crippen LogP contribution in [0.15, 0.2) is 12.7 Å². The molecule has 0 aliphatic heterocycles. The van der Waals surface area contributed by atoms with E-state index in [1.165, 1.54) is 0 Å². The molecule has 0 aliphatic carbocycles. The van der Waals surface area contributed by atoms with Crippen molar-refractivity contribution in [3.8, 4) is 0 Å². The summed E-state index contributed by atoms with van der Waals surface area (Å²) in [5.74, 6) is -3.66. The Hall–Kier alpha value is -1.89. The third kappa shape index (κ3) is 3.87. The van der Waals surface area contributed by atoms with E-state index in [9.17, 15) is 14.4 Å². The van der Waals surface area contributed by atoms with Gasteiger partial charge in [0.2, 0.25) is 0 Å². The minimum absolute atomic E-state index is 0. The van der Waals surface area contributed by atoms with Crippen LogP contribution in [-0.4, -0.2) is 35.7 Å². The Kier molecular flexibility index (Phi) is 7.61. The minimum Gasteiger partial charge on any atom is -0.478 e. The lowest BCUT2D eigenvalue weighted by atomic mass is 9.98. The van der Waals surface area contributed by atoms with Crippen LogP contribution in [0.5, 0.6) is 0 Å². The van der Waals surface area contributed by atoms with Crippen LogP contribution >= 0.6 is 0 Å². The van der Waals surface area contributed by atoms with Gasteiger partial charge in [0.05, 0.1) is 7.11 Å². The molecule has 7 heteroatoms. The molecule has 0 fully saturated rings. The number of carboxylic acid groups (broad SMARTS) is 1. The van der Waals surface area contributed by atoms with Gasteiger partial charge in [-0.15, -0.1) is 0 Å². The normalized spacial score (nSPS) is 12.6. The number of carboxylic acids is 1. The second kappa shape index (κ2) is 7.39. The van der Waals surface area contributed by atoms with Gasteiger partial charge in [0.1, 0.15) is 0 Å². The predicted octanol–water partition coefficient (Wildman–Crippen LogP) is 0.674. The van der Waals surface area contributed by atoms with E-state index in [1.54, 1.807) is 6.92 Å². The zero-order chi connectivity index (χ0) is 12.8.